The number of amides is 1. The molecule has 6 nitrogen and oxygen atoms in total. The topological polar surface area (TPSA) is 102 Å². The van der Waals surface area contributed by atoms with Gasteiger partial charge in [0.1, 0.15) is 11.4 Å². The van der Waals surface area contributed by atoms with E-state index in [1.807, 2.05) is 36.4 Å². The number of carbonyl (C=O) groups excluding carboxylic acids is 1. The van der Waals surface area contributed by atoms with E-state index in [0.717, 1.165) is 17.7 Å². The van der Waals surface area contributed by atoms with Gasteiger partial charge in [0, 0.05) is 6.08 Å². The van der Waals surface area contributed by atoms with Crippen LogP contribution in [0.1, 0.15) is 27.6 Å². The highest BCUT2D eigenvalue weighted by Gasteiger charge is 2.17. The molecule has 140 valence electrons. The third-order valence-electron chi connectivity index (χ3n) is 3.14. The zero-order valence-electron chi connectivity index (χ0n) is 13.8. The van der Waals surface area contributed by atoms with Gasteiger partial charge in [0.2, 0.25) is 0 Å². The van der Waals surface area contributed by atoms with Crippen LogP contribution in [-0.2, 0) is 5.33 Å². The number of phenols is 1. The van der Waals surface area contributed by atoms with Crippen LogP contribution in [0.25, 0.3) is 12.2 Å². The van der Waals surface area contributed by atoms with Gasteiger partial charge in [0.05, 0.1) is 5.33 Å². The van der Waals surface area contributed by atoms with E-state index in [-0.39, 0.29) is 0 Å². The molecule has 1 heterocycles. The molecule has 0 bridgehead atoms. The predicted octanol–water partition coefficient (Wildman–Crippen LogP) is 3.90. The number of phenolic OH excluding ortho intramolecular Hbond substituents is 1. The summed E-state index contributed by atoms with van der Waals surface area (Å²) in [6.45, 7) is 0. The number of carbonyl (C=O) groups is 1. The first-order valence-electron chi connectivity index (χ1n) is 7.50. The summed E-state index contributed by atoms with van der Waals surface area (Å²) < 4.78 is 30.4. The largest absolute Gasteiger partial charge is 0.505 e. The fraction of sp³-hybridized carbons (Fsp3) is 0.0556. The molecule has 0 atom stereocenters. The Morgan fingerprint density at radius 2 is 1.89 bits per heavy atom. The minimum atomic E-state index is -1.33. The highest BCUT2D eigenvalue weighted by molar-refractivity contribution is 9.08. The van der Waals surface area contributed by atoms with Crippen molar-refractivity contribution in [3.8, 4) is 5.75 Å². The summed E-state index contributed by atoms with van der Waals surface area (Å²) in [6, 6.07) is 11.5. The average molecular weight is 438 g/mol. The maximum absolute atomic E-state index is 12.7. The van der Waals surface area contributed by atoms with Crippen LogP contribution in [0.4, 0.5) is 8.78 Å². The summed E-state index contributed by atoms with van der Waals surface area (Å²) in [4.78, 5) is 14.6. The van der Waals surface area contributed by atoms with Gasteiger partial charge in [-0.2, -0.15) is 4.98 Å². The first kappa shape index (κ1) is 20.2. The van der Waals surface area contributed by atoms with E-state index in [4.69, 9.17) is 9.63 Å². The van der Waals surface area contributed by atoms with Crippen LogP contribution in [0.2, 0.25) is 0 Å². The Labute approximate surface area is 161 Å². The molecule has 27 heavy (non-hydrogen) atoms. The number of hydrogen-bond donors (Lipinski definition) is 2. The number of rotatable bonds is 4. The van der Waals surface area contributed by atoms with Gasteiger partial charge in [0.15, 0.2) is 17.4 Å². The van der Waals surface area contributed by atoms with Crippen LogP contribution in [0.15, 0.2) is 47.0 Å². The zero-order valence-corrected chi connectivity index (χ0v) is 15.4. The lowest BCUT2D eigenvalue weighted by atomic mass is 10.2. The first-order chi connectivity index (χ1) is 12.9. The van der Waals surface area contributed by atoms with Crippen molar-refractivity contribution < 1.29 is 23.2 Å². The van der Waals surface area contributed by atoms with Gasteiger partial charge in [-0.05, 0) is 23.8 Å². The molecule has 0 unspecified atom stereocenters. The molecule has 3 aromatic rings. The summed E-state index contributed by atoms with van der Waals surface area (Å²) in [6.07, 6.45) is 3.74. The smallest absolute Gasteiger partial charge is 0.254 e. The number of nitrogens with zero attached hydrogens (tertiary/aromatic N) is 2. The van der Waals surface area contributed by atoms with Crippen molar-refractivity contribution in [3.05, 3.63) is 76.9 Å². The number of benzene rings is 2. The molecule has 0 saturated carbocycles. The Morgan fingerprint density at radius 3 is 2.44 bits per heavy atom. The fourth-order valence-corrected chi connectivity index (χ4v) is 2.12. The SMILES string of the molecule is BrCc1noc(/C=C/c2ccccc2)n1.NC(=O)c1c(F)ccc(O)c1F. The van der Waals surface area contributed by atoms with Crippen molar-refractivity contribution in [1.29, 1.82) is 0 Å². The molecule has 1 aromatic heterocycles. The van der Waals surface area contributed by atoms with Crippen molar-refractivity contribution in [2.24, 2.45) is 5.73 Å². The van der Waals surface area contributed by atoms with Crippen LogP contribution < -0.4 is 5.73 Å². The van der Waals surface area contributed by atoms with Gasteiger partial charge in [-0.1, -0.05) is 51.4 Å². The lowest BCUT2D eigenvalue weighted by molar-refractivity contribution is 0.0991. The Morgan fingerprint density at radius 1 is 1.19 bits per heavy atom. The highest BCUT2D eigenvalue weighted by atomic mass is 79.9. The maximum atomic E-state index is 12.7. The summed E-state index contributed by atoms with van der Waals surface area (Å²) in [5, 5.41) is 13.1. The van der Waals surface area contributed by atoms with E-state index in [1.54, 1.807) is 6.08 Å². The average Bonchev–Trinajstić information content (AvgIpc) is 3.13. The molecule has 0 spiro atoms. The Hall–Kier alpha value is -3.07. The van der Waals surface area contributed by atoms with E-state index in [9.17, 15) is 13.6 Å². The minimum Gasteiger partial charge on any atom is -0.505 e. The predicted molar refractivity (Wildman–Crippen MR) is 98.8 cm³/mol. The van der Waals surface area contributed by atoms with Crippen molar-refractivity contribution >= 4 is 34.0 Å². The van der Waals surface area contributed by atoms with E-state index in [0.29, 0.717) is 17.0 Å². The quantitative estimate of drug-likeness (QED) is 0.602. The number of aromatic nitrogens is 2. The van der Waals surface area contributed by atoms with Gasteiger partial charge in [-0.25, -0.2) is 8.78 Å². The highest BCUT2D eigenvalue weighted by Crippen LogP contribution is 2.20. The van der Waals surface area contributed by atoms with Crippen LogP contribution in [0, 0.1) is 11.6 Å². The second-order valence-corrected chi connectivity index (χ2v) is 5.61. The molecule has 9 heteroatoms. The standard InChI is InChI=1S/C11H9BrN2O.C7H5F2NO2/c12-8-10-13-11(15-14-10)7-6-9-4-2-1-3-5-9;8-3-1-2-4(11)6(9)5(3)7(10)12/h1-7H,8H2;1-2,11H,(H2,10,12)/b7-6+;. The molecule has 0 aliphatic rings. The van der Waals surface area contributed by atoms with E-state index >= 15 is 0 Å². The Bertz CT molecular complexity index is 946. The third kappa shape index (κ3) is 5.71. The second kappa shape index (κ2) is 9.58. The van der Waals surface area contributed by atoms with Crippen LogP contribution >= 0.6 is 15.9 Å². The van der Waals surface area contributed by atoms with E-state index in [1.165, 1.54) is 0 Å². The molecule has 0 fully saturated rings. The van der Waals surface area contributed by atoms with Gasteiger partial charge in [-0.15, -0.1) is 0 Å². The summed E-state index contributed by atoms with van der Waals surface area (Å²) in [5.74, 6) is -3.29. The lowest BCUT2D eigenvalue weighted by Gasteiger charge is -2.00. The van der Waals surface area contributed by atoms with Crippen molar-refractivity contribution in [1.82, 2.24) is 10.1 Å². The van der Waals surface area contributed by atoms with Crippen molar-refractivity contribution in [2.75, 3.05) is 0 Å². The lowest BCUT2D eigenvalue weighted by Crippen LogP contribution is -2.15. The van der Waals surface area contributed by atoms with Gasteiger partial charge in [0.25, 0.3) is 11.8 Å². The van der Waals surface area contributed by atoms with E-state index < -0.39 is 28.9 Å². The first-order valence-corrected chi connectivity index (χ1v) is 8.63. The number of halogens is 3. The molecule has 0 saturated heterocycles. The summed E-state index contributed by atoms with van der Waals surface area (Å²) in [7, 11) is 0. The second-order valence-electron chi connectivity index (χ2n) is 5.05. The number of nitrogens with two attached hydrogens (primary N) is 1. The van der Waals surface area contributed by atoms with Crippen LogP contribution in [0.5, 0.6) is 5.75 Å². The molecule has 1 amide bonds. The molecule has 3 rings (SSSR count). The zero-order chi connectivity index (χ0) is 19.8. The number of aromatic hydroxyl groups is 1. The molecule has 0 aliphatic heterocycles. The minimum absolute atomic E-state index is 0.522. The summed E-state index contributed by atoms with van der Waals surface area (Å²) >= 11 is 3.26. The van der Waals surface area contributed by atoms with Crippen molar-refractivity contribution in [3.63, 3.8) is 0 Å². The maximum Gasteiger partial charge on any atom is 0.254 e. The third-order valence-corrected chi connectivity index (χ3v) is 3.64. The number of hydrogen-bond acceptors (Lipinski definition) is 5. The summed E-state index contributed by atoms with van der Waals surface area (Å²) in [5.41, 5.74) is 4.84. The number of alkyl halides is 1. The normalized spacial score (nSPS) is 10.5. The molecule has 2 aromatic carbocycles. The Balaban J connectivity index is 0.000000199. The molecular formula is C18H14BrF2N3O3. The Kier molecular flexibility index (Phi) is 7.18. The van der Waals surface area contributed by atoms with Gasteiger partial charge in [-0.3, -0.25) is 4.79 Å². The molecule has 0 radical (unpaired) electrons. The number of primary amides is 1. The molecule has 3 N–H and O–H groups in total. The fourth-order valence-electron chi connectivity index (χ4n) is 1.89. The molecule has 0 aliphatic carbocycles. The van der Waals surface area contributed by atoms with Gasteiger partial charge >= 0.3 is 0 Å². The monoisotopic (exact) mass is 437 g/mol. The molecular weight excluding hydrogens is 424 g/mol. The van der Waals surface area contributed by atoms with Crippen LogP contribution in [-0.4, -0.2) is 21.2 Å². The van der Waals surface area contributed by atoms with Crippen LogP contribution in [0.3, 0.4) is 0 Å². The van der Waals surface area contributed by atoms with Crippen molar-refractivity contribution in [2.45, 2.75) is 5.33 Å². The van der Waals surface area contributed by atoms with E-state index in [2.05, 4.69) is 31.8 Å². The van der Waals surface area contributed by atoms with Gasteiger partial charge < -0.3 is 15.4 Å².